The fraction of sp³-hybridized carbons (Fsp3) is 0.750. The van der Waals surface area contributed by atoms with Crippen molar-refractivity contribution in [1.29, 1.82) is 0 Å². The van der Waals surface area contributed by atoms with Gasteiger partial charge in [0.2, 0.25) is 0 Å². The van der Waals surface area contributed by atoms with Crippen LogP contribution in [0.3, 0.4) is 0 Å². The number of likely N-dealkylation sites (tertiary alicyclic amines) is 2. The summed E-state index contributed by atoms with van der Waals surface area (Å²) < 4.78 is 0. The van der Waals surface area contributed by atoms with E-state index in [0.717, 1.165) is 19.0 Å². The number of hydrogen-bond donors (Lipinski definition) is 1. The zero-order valence-corrected chi connectivity index (χ0v) is 19.1. The molecule has 1 aromatic heterocycles. The van der Waals surface area contributed by atoms with E-state index in [2.05, 4.69) is 39.6 Å². The summed E-state index contributed by atoms with van der Waals surface area (Å²) in [6.45, 7) is 8.86. The molecule has 146 valence electrons. The summed E-state index contributed by atoms with van der Waals surface area (Å²) in [5.74, 6) is 1.15. The standard InChI is InChI=1S/C20H32N4S.HI/c1-2-21-19(24-13-10-20(16-24)8-6-9-20)22-15-17(18-7-5-14-25-18)23-11-3-4-12-23;/h5,7,14,17H,2-4,6,8-13,15-16H2,1H3,(H,21,22);1H. The highest BCUT2D eigenvalue weighted by Crippen LogP contribution is 2.47. The number of nitrogens with zero attached hydrogens (tertiary/aromatic N) is 3. The Bertz CT molecular complexity index is 579. The highest BCUT2D eigenvalue weighted by molar-refractivity contribution is 14.0. The van der Waals surface area contributed by atoms with Crippen LogP contribution in [0.2, 0.25) is 0 Å². The van der Waals surface area contributed by atoms with Gasteiger partial charge in [-0.3, -0.25) is 9.89 Å². The van der Waals surface area contributed by atoms with Crippen molar-refractivity contribution < 1.29 is 0 Å². The van der Waals surface area contributed by atoms with Crippen LogP contribution in [-0.4, -0.2) is 55.0 Å². The molecule has 1 N–H and O–H groups in total. The summed E-state index contributed by atoms with van der Waals surface area (Å²) in [6, 6.07) is 4.92. The number of halogens is 1. The summed E-state index contributed by atoms with van der Waals surface area (Å²) in [7, 11) is 0. The van der Waals surface area contributed by atoms with Crippen LogP contribution in [0.5, 0.6) is 0 Å². The third kappa shape index (κ3) is 4.38. The van der Waals surface area contributed by atoms with Crippen LogP contribution in [-0.2, 0) is 0 Å². The van der Waals surface area contributed by atoms with E-state index in [9.17, 15) is 0 Å². The number of rotatable bonds is 5. The van der Waals surface area contributed by atoms with Crippen molar-refractivity contribution in [3.05, 3.63) is 22.4 Å². The van der Waals surface area contributed by atoms with Gasteiger partial charge in [-0.15, -0.1) is 35.3 Å². The summed E-state index contributed by atoms with van der Waals surface area (Å²) in [5.41, 5.74) is 0.623. The van der Waals surface area contributed by atoms with Crippen molar-refractivity contribution in [3.8, 4) is 0 Å². The predicted molar refractivity (Wildman–Crippen MR) is 122 cm³/mol. The van der Waals surface area contributed by atoms with E-state index in [4.69, 9.17) is 4.99 Å². The normalized spacial score (nSPS) is 23.7. The van der Waals surface area contributed by atoms with E-state index < -0.39 is 0 Å². The quantitative estimate of drug-likeness (QED) is 0.380. The monoisotopic (exact) mass is 488 g/mol. The summed E-state index contributed by atoms with van der Waals surface area (Å²) >= 11 is 1.88. The molecule has 0 radical (unpaired) electrons. The van der Waals surface area contributed by atoms with Crippen LogP contribution >= 0.6 is 35.3 Å². The van der Waals surface area contributed by atoms with E-state index in [-0.39, 0.29) is 24.0 Å². The molecule has 4 rings (SSSR count). The molecule has 6 heteroatoms. The smallest absolute Gasteiger partial charge is 0.194 e. The zero-order valence-electron chi connectivity index (χ0n) is 16.0. The van der Waals surface area contributed by atoms with Gasteiger partial charge in [0.15, 0.2) is 5.96 Å². The van der Waals surface area contributed by atoms with Crippen molar-refractivity contribution in [2.45, 2.75) is 51.5 Å². The van der Waals surface area contributed by atoms with Gasteiger partial charge in [-0.25, -0.2) is 0 Å². The Morgan fingerprint density at radius 3 is 2.62 bits per heavy atom. The van der Waals surface area contributed by atoms with Gasteiger partial charge >= 0.3 is 0 Å². The van der Waals surface area contributed by atoms with Crippen molar-refractivity contribution in [1.82, 2.24) is 15.1 Å². The Morgan fingerprint density at radius 2 is 2.04 bits per heavy atom. The van der Waals surface area contributed by atoms with Crippen molar-refractivity contribution in [2.75, 3.05) is 39.3 Å². The molecule has 1 spiro atoms. The third-order valence-corrected chi connectivity index (χ3v) is 7.33. The van der Waals surface area contributed by atoms with Gasteiger partial charge in [0.1, 0.15) is 0 Å². The predicted octanol–water partition coefficient (Wildman–Crippen LogP) is 4.34. The Kier molecular flexibility index (Phi) is 7.25. The lowest BCUT2D eigenvalue weighted by Crippen LogP contribution is -2.43. The lowest BCUT2D eigenvalue weighted by molar-refractivity contribution is 0.151. The molecule has 2 aliphatic heterocycles. The molecule has 0 bridgehead atoms. The summed E-state index contributed by atoms with van der Waals surface area (Å²) in [4.78, 5) is 11.7. The van der Waals surface area contributed by atoms with Gasteiger partial charge in [-0.1, -0.05) is 12.5 Å². The Morgan fingerprint density at radius 1 is 1.23 bits per heavy atom. The molecular formula is C20H33IN4S. The summed E-state index contributed by atoms with van der Waals surface area (Å²) in [5, 5.41) is 5.77. The first-order valence-electron chi connectivity index (χ1n) is 10.1. The molecule has 1 aromatic rings. The maximum absolute atomic E-state index is 5.12. The van der Waals surface area contributed by atoms with Gasteiger partial charge in [0.25, 0.3) is 0 Å². The minimum absolute atomic E-state index is 0. The molecule has 3 fully saturated rings. The molecule has 26 heavy (non-hydrogen) atoms. The van der Waals surface area contributed by atoms with Crippen LogP contribution < -0.4 is 5.32 Å². The van der Waals surface area contributed by atoms with Crippen LogP contribution in [0.1, 0.15) is 56.4 Å². The van der Waals surface area contributed by atoms with Crippen molar-refractivity contribution in [3.63, 3.8) is 0 Å². The fourth-order valence-corrected chi connectivity index (χ4v) is 5.57. The zero-order chi connectivity index (χ0) is 17.1. The molecule has 0 amide bonds. The van der Waals surface area contributed by atoms with Gasteiger partial charge < -0.3 is 10.2 Å². The molecular weight excluding hydrogens is 455 g/mol. The average Bonchev–Trinajstić information content (AvgIpc) is 3.34. The van der Waals surface area contributed by atoms with E-state index in [1.165, 1.54) is 69.6 Å². The SMILES string of the molecule is CCNC(=NCC(c1cccs1)N1CCCC1)N1CCC2(CCC2)C1.I. The maximum atomic E-state index is 5.12. The molecule has 1 atom stereocenters. The number of guanidine groups is 1. The Balaban J connectivity index is 0.00000196. The first kappa shape index (κ1) is 20.4. The fourth-order valence-electron chi connectivity index (χ4n) is 4.72. The highest BCUT2D eigenvalue weighted by atomic mass is 127. The average molecular weight is 488 g/mol. The molecule has 4 nitrogen and oxygen atoms in total. The Labute approximate surface area is 179 Å². The molecule has 3 heterocycles. The van der Waals surface area contributed by atoms with E-state index in [1.807, 2.05) is 11.3 Å². The molecule has 1 unspecified atom stereocenters. The number of thiophene rings is 1. The largest absolute Gasteiger partial charge is 0.357 e. The maximum Gasteiger partial charge on any atom is 0.194 e. The third-order valence-electron chi connectivity index (χ3n) is 6.35. The first-order chi connectivity index (χ1) is 12.3. The van der Waals surface area contributed by atoms with Crippen LogP contribution in [0.15, 0.2) is 22.5 Å². The molecule has 3 aliphatic rings. The number of hydrogen-bond acceptors (Lipinski definition) is 3. The van der Waals surface area contributed by atoms with Gasteiger partial charge in [-0.05, 0) is 69.0 Å². The number of nitrogens with one attached hydrogen (secondary N) is 1. The van der Waals surface area contributed by atoms with Crippen LogP contribution in [0, 0.1) is 5.41 Å². The first-order valence-corrected chi connectivity index (χ1v) is 11.0. The minimum Gasteiger partial charge on any atom is -0.357 e. The highest BCUT2D eigenvalue weighted by Gasteiger charge is 2.43. The van der Waals surface area contributed by atoms with Gasteiger partial charge in [0, 0.05) is 24.5 Å². The van der Waals surface area contributed by atoms with E-state index in [1.54, 1.807) is 0 Å². The summed E-state index contributed by atoms with van der Waals surface area (Å²) in [6.07, 6.45) is 8.30. The minimum atomic E-state index is 0. The van der Waals surface area contributed by atoms with Crippen molar-refractivity contribution >= 4 is 41.3 Å². The second kappa shape index (κ2) is 9.24. The van der Waals surface area contributed by atoms with Crippen LogP contribution in [0.4, 0.5) is 0 Å². The Hall–Kier alpha value is -0.340. The second-order valence-corrected chi connectivity index (χ2v) is 8.97. The van der Waals surface area contributed by atoms with Gasteiger partial charge in [0.05, 0.1) is 12.6 Å². The van der Waals surface area contributed by atoms with E-state index >= 15 is 0 Å². The second-order valence-electron chi connectivity index (χ2n) is 7.99. The van der Waals surface area contributed by atoms with Crippen LogP contribution in [0.25, 0.3) is 0 Å². The van der Waals surface area contributed by atoms with Crippen molar-refractivity contribution in [2.24, 2.45) is 10.4 Å². The molecule has 1 aliphatic carbocycles. The molecule has 2 saturated heterocycles. The van der Waals surface area contributed by atoms with E-state index in [0.29, 0.717) is 11.5 Å². The number of aliphatic imine (C=N–C) groups is 1. The van der Waals surface area contributed by atoms with Gasteiger partial charge in [-0.2, -0.15) is 0 Å². The molecule has 0 aromatic carbocycles. The lowest BCUT2D eigenvalue weighted by atomic mass is 9.68. The lowest BCUT2D eigenvalue weighted by Gasteiger charge is -2.38. The topological polar surface area (TPSA) is 30.9 Å². The molecule has 1 saturated carbocycles.